The fourth-order valence-electron chi connectivity index (χ4n) is 2.85. The predicted octanol–water partition coefficient (Wildman–Crippen LogP) is 1.37. The summed E-state index contributed by atoms with van der Waals surface area (Å²) in [5, 5.41) is 5.53. The van der Waals surface area contributed by atoms with Gasteiger partial charge in [0.2, 0.25) is 5.91 Å². The molecular weight excluding hydrogens is 373 g/mol. The third-order valence-corrected chi connectivity index (χ3v) is 6.37. The minimum atomic E-state index is -4.47. The Morgan fingerprint density at radius 3 is 2.54 bits per heavy atom. The van der Waals surface area contributed by atoms with Gasteiger partial charge in [0.25, 0.3) is 0 Å². The van der Waals surface area contributed by atoms with Crippen molar-refractivity contribution in [1.82, 2.24) is 10.6 Å². The molecule has 0 bridgehead atoms. The Morgan fingerprint density at radius 2 is 1.96 bits per heavy atom. The molecule has 1 aromatic rings. The molecule has 1 aliphatic heterocycles. The Kier molecular flexibility index (Phi) is 6.17. The van der Waals surface area contributed by atoms with E-state index in [1.54, 1.807) is 0 Å². The van der Waals surface area contributed by atoms with Gasteiger partial charge >= 0.3 is 6.18 Å². The highest BCUT2D eigenvalue weighted by Crippen LogP contribution is 2.31. The molecule has 1 fully saturated rings. The van der Waals surface area contributed by atoms with Gasteiger partial charge in [-0.3, -0.25) is 4.79 Å². The SMILES string of the molecule is CS(=O)(=O)C1(C(=O)NCCOc2cccc(C(F)(F)F)c2)CCNCC1. The van der Waals surface area contributed by atoms with Gasteiger partial charge in [-0.1, -0.05) is 6.07 Å². The largest absolute Gasteiger partial charge is 0.492 e. The highest BCUT2D eigenvalue weighted by atomic mass is 32.2. The van der Waals surface area contributed by atoms with E-state index in [-0.39, 0.29) is 31.7 Å². The molecule has 0 atom stereocenters. The van der Waals surface area contributed by atoms with Crippen molar-refractivity contribution in [2.24, 2.45) is 0 Å². The molecular formula is C16H21F3N2O4S. The second-order valence-electron chi connectivity index (χ2n) is 6.15. The summed E-state index contributed by atoms with van der Waals surface area (Å²) in [6.07, 6.45) is -3.08. The van der Waals surface area contributed by atoms with E-state index < -0.39 is 32.2 Å². The number of halogens is 3. The van der Waals surface area contributed by atoms with E-state index in [0.717, 1.165) is 18.4 Å². The molecule has 0 aromatic heterocycles. The molecule has 0 unspecified atom stereocenters. The fourth-order valence-corrected chi connectivity index (χ4v) is 4.21. The Hall–Kier alpha value is -1.81. The number of sulfone groups is 1. The summed E-state index contributed by atoms with van der Waals surface area (Å²) < 4.78 is 65.9. The number of piperidine rings is 1. The maximum atomic E-state index is 12.6. The second kappa shape index (κ2) is 7.83. The molecule has 6 nitrogen and oxygen atoms in total. The van der Waals surface area contributed by atoms with Gasteiger partial charge in [0.1, 0.15) is 12.4 Å². The Balaban J connectivity index is 1.92. The van der Waals surface area contributed by atoms with E-state index in [4.69, 9.17) is 4.74 Å². The third kappa shape index (κ3) is 4.67. The van der Waals surface area contributed by atoms with Crippen LogP contribution in [0.15, 0.2) is 24.3 Å². The topological polar surface area (TPSA) is 84.5 Å². The highest BCUT2D eigenvalue weighted by Gasteiger charge is 2.48. The van der Waals surface area contributed by atoms with Crippen LogP contribution >= 0.6 is 0 Å². The van der Waals surface area contributed by atoms with Crippen LogP contribution in [0.3, 0.4) is 0 Å². The number of rotatable bonds is 6. The van der Waals surface area contributed by atoms with Gasteiger partial charge in [0, 0.05) is 6.26 Å². The van der Waals surface area contributed by atoms with Gasteiger partial charge in [-0.05, 0) is 44.1 Å². The van der Waals surface area contributed by atoms with Crippen LogP contribution in [0.5, 0.6) is 5.75 Å². The van der Waals surface area contributed by atoms with Gasteiger partial charge in [-0.2, -0.15) is 13.2 Å². The summed E-state index contributed by atoms with van der Waals surface area (Å²) in [5.41, 5.74) is -0.829. The molecule has 0 saturated carbocycles. The summed E-state index contributed by atoms with van der Waals surface area (Å²) in [6, 6.07) is 4.40. The lowest BCUT2D eigenvalue weighted by molar-refractivity contribution is -0.137. The van der Waals surface area contributed by atoms with Crippen LogP contribution in [0.1, 0.15) is 18.4 Å². The smallest absolute Gasteiger partial charge is 0.416 e. The summed E-state index contributed by atoms with van der Waals surface area (Å²) in [6.45, 7) is 0.743. The molecule has 1 amide bonds. The lowest BCUT2D eigenvalue weighted by Crippen LogP contribution is -2.57. The van der Waals surface area contributed by atoms with Crippen molar-refractivity contribution in [2.75, 3.05) is 32.5 Å². The summed E-state index contributed by atoms with van der Waals surface area (Å²) in [7, 11) is -3.62. The lowest BCUT2D eigenvalue weighted by Gasteiger charge is -2.34. The van der Waals surface area contributed by atoms with Crippen molar-refractivity contribution >= 4 is 15.7 Å². The molecule has 1 heterocycles. The molecule has 146 valence electrons. The Morgan fingerprint density at radius 1 is 1.31 bits per heavy atom. The summed E-state index contributed by atoms with van der Waals surface area (Å²) in [4.78, 5) is 12.4. The molecule has 1 aliphatic rings. The number of alkyl halides is 3. The number of carbonyl (C=O) groups excluding carboxylic acids is 1. The number of nitrogens with one attached hydrogen (secondary N) is 2. The van der Waals surface area contributed by atoms with Gasteiger partial charge in [0.15, 0.2) is 14.6 Å². The van der Waals surface area contributed by atoms with Crippen molar-refractivity contribution in [2.45, 2.75) is 23.8 Å². The average Bonchev–Trinajstić information content (AvgIpc) is 2.57. The molecule has 10 heteroatoms. The van der Waals surface area contributed by atoms with Crippen LogP contribution in [-0.4, -0.2) is 51.6 Å². The zero-order chi connectivity index (χ0) is 19.4. The fraction of sp³-hybridized carbons (Fsp3) is 0.562. The number of hydrogen-bond acceptors (Lipinski definition) is 5. The number of ether oxygens (including phenoxy) is 1. The first-order chi connectivity index (χ1) is 12.1. The summed E-state index contributed by atoms with van der Waals surface area (Å²) >= 11 is 0. The van der Waals surface area contributed by atoms with Crippen LogP contribution in [0.4, 0.5) is 13.2 Å². The van der Waals surface area contributed by atoms with Crippen molar-refractivity contribution in [3.8, 4) is 5.75 Å². The van der Waals surface area contributed by atoms with Crippen molar-refractivity contribution in [3.05, 3.63) is 29.8 Å². The van der Waals surface area contributed by atoms with Crippen LogP contribution in [0.2, 0.25) is 0 Å². The quantitative estimate of drug-likeness (QED) is 0.712. The minimum absolute atomic E-state index is 0.0141. The van der Waals surface area contributed by atoms with Gasteiger partial charge in [-0.25, -0.2) is 8.42 Å². The minimum Gasteiger partial charge on any atom is -0.492 e. The van der Waals surface area contributed by atoms with E-state index >= 15 is 0 Å². The highest BCUT2D eigenvalue weighted by molar-refractivity contribution is 7.92. The maximum Gasteiger partial charge on any atom is 0.416 e. The van der Waals surface area contributed by atoms with E-state index in [9.17, 15) is 26.4 Å². The predicted molar refractivity (Wildman–Crippen MR) is 89.6 cm³/mol. The van der Waals surface area contributed by atoms with Crippen LogP contribution in [0.25, 0.3) is 0 Å². The lowest BCUT2D eigenvalue weighted by atomic mass is 9.96. The molecule has 26 heavy (non-hydrogen) atoms. The molecule has 2 N–H and O–H groups in total. The van der Waals surface area contributed by atoms with E-state index in [0.29, 0.717) is 13.1 Å². The van der Waals surface area contributed by atoms with Crippen molar-refractivity contribution in [1.29, 1.82) is 0 Å². The van der Waals surface area contributed by atoms with Crippen LogP contribution in [-0.2, 0) is 20.8 Å². The molecule has 0 radical (unpaired) electrons. The Bertz CT molecular complexity index is 744. The van der Waals surface area contributed by atoms with Gasteiger partial charge < -0.3 is 15.4 Å². The number of amides is 1. The second-order valence-corrected chi connectivity index (χ2v) is 8.47. The van der Waals surface area contributed by atoms with Crippen molar-refractivity contribution < 1.29 is 31.1 Å². The number of benzene rings is 1. The molecule has 1 saturated heterocycles. The zero-order valence-corrected chi connectivity index (χ0v) is 15.0. The third-order valence-electron chi connectivity index (χ3n) is 4.35. The monoisotopic (exact) mass is 394 g/mol. The first-order valence-corrected chi connectivity index (χ1v) is 9.94. The standard InChI is InChI=1S/C16H21F3N2O4S/c1-26(23,24)15(5-7-20-8-6-15)14(22)21-9-10-25-13-4-2-3-12(11-13)16(17,18)19/h2-4,11,20H,5-10H2,1H3,(H,21,22). The van der Waals surface area contributed by atoms with E-state index in [2.05, 4.69) is 10.6 Å². The Labute approximate surface area is 150 Å². The first-order valence-electron chi connectivity index (χ1n) is 8.05. The number of hydrogen-bond donors (Lipinski definition) is 2. The zero-order valence-electron chi connectivity index (χ0n) is 14.2. The number of carbonyl (C=O) groups is 1. The van der Waals surface area contributed by atoms with E-state index in [1.807, 2.05) is 0 Å². The molecule has 2 rings (SSSR count). The average molecular weight is 394 g/mol. The molecule has 0 aliphatic carbocycles. The van der Waals surface area contributed by atoms with Crippen LogP contribution in [0, 0.1) is 0 Å². The van der Waals surface area contributed by atoms with Gasteiger partial charge in [0.05, 0.1) is 12.1 Å². The van der Waals surface area contributed by atoms with Crippen LogP contribution < -0.4 is 15.4 Å². The molecule has 1 aromatic carbocycles. The maximum absolute atomic E-state index is 12.6. The summed E-state index contributed by atoms with van der Waals surface area (Å²) in [5.74, 6) is -0.581. The molecule has 0 spiro atoms. The van der Waals surface area contributed by atoms with Gasteiger partial charge in [-0.15, -0.1) is 0 Å². The normalized spacial score (nSPS) is 17.5. The van der Waals surface area contributed by atoms with Crippen molar-refractivity contribution in [3.63, 3.8) is 0 Å². The van der Waals surface area contributed by atoms with E-state index in [1.165, 1.54) is 12.1 Å². The first kappa shape index (κ1) is 20.5.